The Labute approximate surface area is 113 Å². The smallest absolute Gasteiger partial charge is 0.242 e. The largest absolute Gasteiger partial charge is 0.294 e. The molecule has 1 atom stereocenters. The van der Waals surface area contributed by atoms with Crippen LogP contribution in [0.2, 0.25) is 0 Å². The summed E-state index contributed by atoms with van der Waals surface area (Å²) in [6.07, 6.45) is 0. The molecule has 1 unspecified atom stereocenters. The summed E-state index contributed by atoms with van der Waals surface area (Å²) in [4.78, 5) is 11.8. The summed E-state index contributed by atoms with van der Waals surface area (Å²) >= 11 is 2.96. The summed E-state index contributed by atoms with van der Waals surface area (Å²) in [5.41, 5.74) is 4.82. The number of nitrogens with zero attached hydrogens (tertiary/aromatic N) is 2. The fraction of sp³-hybridized carbons (Fsp3) is 0.182. The van der Waals surface area contributed by atoms with Gasteiger partial charge in [0, 0.05) is 5.75 Å². The molecule has 0 saturated carbocycles. The van der Waals surface area contributed by atoms with Crippen molar-refractivity contribution < 1.29 is 4.79 Å². The highest BCUT2D eigenvalue weighted by atomic mass is 32.2. The van der Waals surface area contributed by atoms with E-state index in [1.807, 2.05) is 30.3 Å². The Morgan fingerprint density at radius 2 is 2.22 bits per heavy atom. The van der Waals surface area contributed by atoms with Crippen molar-refractivity contribution >= 4 is 29.0 Å². The number of nitrogens with two attached hydrogens (primary N) is 1. The van der Waals surface area contributed by atoms with Crippen molar-refractivity contribution in [3.05, 3.63) is 41.4 Å². The van der Waals surface area contributed by atoms with Crippen LogP contribution in [0.1, 0.15) is 11.5 Å². The molecule has 2 aromatic rings. The van der Waals surface area contributed by atoms with Crippen LogP contribution in [0.25, 0.3) is 0 Å². The Morgan fingerprint density at radius 1 is 1.44 bits per heavy atom. The van der Waals surface area contributed by atoms with E-state index >= 15 is 0 Å². The summed E-state index contributed by atoms with van der Waals surface area (Å²) in [5, 5.41) is 7.70. The van der Waals surface area contributed by atoms with Gasteiger partial charge in [-0.1, -0.05) is 53.4 Å². The zero-order chi connectivity index (χ0) is 12.8. The maximum absolute atomic E-state index is 11.8. The lowest BCUT2D eigenvalue weighted by Crippen LogP contribution is -2.35. The molecule has 1 heterocycles. The zero-order valence-electron chi connectivity index (χ0n) is 9.45. The number of aromatic nitrogens is 2. The molecule has 1 amide bonds. The van der Waals surface area contributed by atoms with E-state index in [9.17, 15) is 4.79 Å². The van der Waals surface area contributed by atoms with E-state index in [0.29, 0.717) is 5.75 Å². The molecule has 0 radical (unpaired) electrons. The van der Waals surface area contributed by atoms with Gasteiger partial charge in [-0.25, -0.2) is 5.84 Å². The predicted molar refractivity (Wildman–Crippen MR) is 72.1 cm³/mol. The number of hydrogen-bond acceptors (Lipinski definition) is 6. The normalized spacial score (nSPS) is 12.1. The monoisotopic (exact) mass is 280 g/mol. The molecule has 0 bridgehead atoms. The first-order valence-electron chi connectivity index (χ1n) is 5.25. The van der Waals surface area contributed by atoms with E-state index in [1.165, 1.54) is 23.1 Å². The highest BCUT2D eigenvalue weighted by Crippen LogP contribution is 2.27. The summed E-state index contributed by atoms with van der Waals surface area (Å²) < 4.78 is 0.848. The molecule has 1 aromatic carbocycles. The Kier molecular flexibility index (Phi) is 4.68. The quantitative estimate of drug-likeness (QED) is 0.374. The van der Waals surface area contributed by atoms with Crippen molar-refractivity contribution in [2.45, 2.75) is 10.3 Å². The molecular weight excluding hydrogens is 268 g/mol. The van der Waals surface area contributed by atoms with E-state index in [2.05, 4.69) is 15.6 Å². The maximum atomic E-state index is 11.8. The lowest BCUT2D eigenvalue weighted by Gasteiger charge is -2.14. The van der Waals surface area contributed by atoms with Gasteiger partial charge < -0.3 is 0 Å². The topological polar surface area (TPSA) is 80.9 Å². The highest BCUT2D eigenvalue weighted by molar-refractivity contribution is 8.01. The SMILES string of the molecule is NNC(=O)C(CSc1nncs1)c1ccccc1. The van der Waals surface area contributed by atoms with Gasteiger partial charge in [0.05, 0.1) is 5.92 Å². The first kappa shape index (κ1) is 13.0. The van der Waals surface area contributed by atoms with Crippen molar-refractivity contribution in [1.82, 2.24) is 15.6 Å². The van der Waals surface area contributed by atoms with Crippen LogP contribution in [0.5, 0.6) is 0 Å². The van der Waals surface area contributed by atoms with Gasteiger partial charge in [-0.05, 0) is 5.56 Å². The Morgan fingerprint density at radius 3 is 2.83 bits per heavy atom. The lowest BCUT2D eigenvalue weighted by molar-refractivity contribution is -0.122. The second kappa shape index (κ2) is 6.48. The zero-order valence-corrected chi connectivity index (χ0v) is 11.1. The van der Waals surface area contributed by atoms with Crippen molar-refractivity contribution in [2.75, 3.05) is 5.75 Å². The average Bonchev–Trinajstić information content (AvgIpc) is 2.93. The van der Waals surface area contributed by atoms with Crippen LogP contribution >= 0.6 is 23.1 Å². The van der Waals surface area contributed by atoms with Crippen LogP contribution in [-0.4, -0.2) is 21.9 Å². The van der Waals surface area contributed by atoms with Crippen molar-refractivity contribution in [2.24, 2.45) is 5.84 Å². The molecule has 0 fully saturated rings. The second-order valence-electron chi connectivity index (χ2n) is 3.49. The third-order valence-corrected chi connectivity index (χ3v) is 4.33. The average molecular weight is 280 g/mol. The molecule has 0 aliphatic carbocycles. The highest BCUT2D eigenvalue weighted by Gasteiger charge is 2.20. The number of benzene rings is 1. The van der Waals surface area contributed by atoms with Crippen LogP contribution in [0.3, 0.4) is 0 Å². The van der Waals surface area contributed by atoms with Gasteiger partial charge in [0.1, 0.15) is 5.51 Å². The minimum atomic E-state index is -0.287. The standard InChI is InChI=1S/C11H12N4OS2/c12-14-10(16)9(8-4-2-1-3-5-8)6-17-11-15-13-7-18-11/h1-5,7,9H,6,12H2,(H,14,16). The molecular formula is C11H12N4OS2. The minimum Gasteiger partial charge on any atom is -0.294 e. The van der Waals surface area contributed by atoms with Crippen LogP contribution in [0.15, 0.2) is 40.2 Å². The summed E-state index contributed by atoms with van der Waals surface area (Å²) in [5.74, 6) is 5.33. The molecule has 1 aromatic heterocycles. The van der Waals surface area contributed by atoms with E-state index in [4.69, 9.17) is 5.84 Å². The summed E-state index contributed by atoms with van der Waals surface area (Å²) in [6, 6.07) is 9.56. The third kappa shape index (κ3) is 3.28. The number of amides is 1. The Bertz CT molecular complexity index is 489. The van der Waals surface area contributed by atoms with Crippen molar-refractivity contribution in [3.8, 4) is 0 Å². The summed E-state index contributed by atoms with van der Waals surface area (Å²) in [7, 11) is 0. The maximum Gasteiger partial charge on any atom is 0.242 e. The van der Waals surface area contributed by atoms with Crippen molar-refractivity contribution in [3.63, 3.8) is 0 Å². The van der Waals surface area contributed by atoms with E-state index in [1.54, 1.807) is 5.51 Å². The van der Waals surface area contributed by atoms with Crippen LogP contribution < -0.4 is 11.3 Å². The summed E-state index contributed by atoms with van der Waals surface area (Å²) in [6.45, 7) is 0. The number of carbonyl (C=O) groups excluding carboxylic acids is 1. The third-order valence-electron chi connectivity index (χ3n) is 2.37. The van der Waals surface area contributed by atoms with Gasteiger partial charge in [-0.15, -0.1) is 10.2 Å². The van der Waals surface area contributed by atoms with Gasteiger partial charge in [-0.2, -0.15) is 0 Å². The molecule has 2 rings (SSSR count). The number of thioether (sulfide) groups is 1. The first-order chi connectivity index (χ1) is 8.81. The number of hydrogen-bond donors (Lipinski definition) is 2. The number of rotatable bonds is 5. The van der Waals surface area contributed by atoms with Gasteiger partial charge in [0.15, 0.2) is 4.34 Å². The number of nitrogens with one attached hydrogen (secondary N) is 1. The molecule has 7 heteroatoms. The van der Waals surface area contributed by atoms with Gasteiger partial charge in [0.25, 0.3) is 0 Å². The Hall–Kier alpha value is -1.44. The second-order valence-corrected chi connectivity index (χ2v) is 5.59. The van der Waals surface area contributed by atoms with Crippen LogP contribution in [0.4, 0.5) is 0 Å². The van der Waals surface area contributed by atoms with E-state index in [0.717, 1.165) is 9.90 Å². The molecule has 5 nitrogen and oxygen atoms in total. The van der Waals surface area contributed by atoms with Gasteiger partial charge >= 0.3 is 0 Å². The van der Waals surface area contributed by atoms with Gasteiger partial charge in [0.2, 0.25) is 5.91 Å². The van der Waals surface area contributed by atoms with E-state index in [-0.39, 0.29) is 11.8 Å². The molecule has 0 saturated heterocycles. The minimum absolute atomic E-state index is 0.196. The molecule has 18 heavy (non-hydrogen) atoms. The number of carbonyl (C=O) groups is 1. The van der Waals surface area contributed by atoms with Crippen LogP contribution in [0, 0.1) is 0 Å². The predicted octanol–water partition coefficient (Wildman–Crippen LogP) is 1.40. The first-order valence-corrected chi connectivity index (χ1v) is 7.12. The lowest BCUT2D eigenvalue weighted by atomic mass is 10.0. The van der Waals surface area contributed by atoms with Gasteiger partial charge in [-0.3, -0.25) is 10.2 Å². The molecule has 3 N–H and O–H groups in total. The molecule has 94 valence electrons. The van der Waals surface area contributed by atoms with E-state index < -0.39 is 0 Å². The fourth-order valence-corrected chi connectivity index (χ4v) is 3.13. The molecule has 0 aliphatic heterocycles. The Balaban J connectivity index is 2.09. The fourth-order valence-electron chi connectivity index (χ4n) is 1.49. The van der Waals surface area contributed by atoms with Crippen molar-refractivity contribution in [1.29, 1.82) is 0 Å². The number of hydrazine groups is 1. The molecule has 0 aliphatic rings. The molecule has 0 spiro atoms. The van der Waals surface area contributed by atoms with Crippen LogP contribution in [-0.2, 0) is 4.79 Å².